The van der Waals surface area contributed by atoms with Crippen molar-refractivity contribution in [2.45, 2.75) is 6.42 Å². The number of nitrogen functional groups attached to an aromatic ring is 1. The van der Waals surface area contributed by atoms with Gasteiger partial charge in [0.25, 0.3) is 16.9 Å². The first-order valence-electron chi connectivity index (χ1n) is 6.86. The predicted molar refractivity (Wildman–Crippen MR) is 82.7 cm³/mol. The first-order chi connectivity index (χ1) is 11.1. The minimum atomic E-state index is -0.524. The second kappa shape index (κ2) is 4.80. The van der Waals surface area contributed by atoms with Crippen molar-refractivity contribution in [3.63, 3.8) is 0 Å². The lowest BCUT2D eigenvalue weighted by Crippen LogP contribution is -2.37. The number of benzene rings is 1. The number of nitrogens with two attached hydrogens (primary N) is 1. The summed E-state index contributed by atoms with van der Waals surface area (Å²) in [6, 6.07) is 10.2. The molecule has 23 heavy (non-hydrogen) atoms. The maximum absolute atomic E-state index is 12.6. The molecule has 3 aromatic heterocycles. The van der Waals surface area contributed by atoms with Crippen LogP contribution in [0, 0.1) is 0 Å². The van der Waals surface area contributed by atoms with E-state index < -0.39 is 5.56 Å². The Bertz CT molecular complexity index is 1140. The quantitative estimate of drug-likeness (QED) is 0.421. The molecule has 3 heterocycles. The fourth-order valence-electron chi connectivity index (χ4n) is 2.44. The third kappa shape index (κ3) is 2.00. The molecule has 0 bridgehead atoms. The summed E-state index contributed by atoms with van der Waals surface area (Å²) in [7, 11) is 0. The predicted octanol–water partition coefficient (Wildman–Crippen LogP) is 0.302. The molecule has 0 saturated heterocycles. The van der Waals surface area contributed by atoms with E-state index in [2.05, 4.69) is 10.1 Å². The van der Waals surface area contributed by atoms with Gasteiger partial charge in [-0.15, -0.1) is 0 Å². The molecule has 1 aromatic carbocycles. The number of nitrogens with zero attached hydrogens (tertiary/aromatic N) is 4. The number of hydrogen-bond acceptors (Lipinski definition) is 6. The summed E-state index contributed by atoms with van der Waals surface area (Å²) in [5, 5.41) is 4.53. The number of furan rings is 1. The Kier molecular flexibility index (Phi) is 2.77. The molecule has 4 rings (SSSR count). The van der Waals surface area contributed by atoms with Crippen LogP contribution in [-0.2, 0) is 6.42 Å². The lowest BCUT2D eigenvalue weighted by molar-refractivity contribution is 0.515. The van der Waals surface area contributed by atoms with Crippen molar-refractivity contribution >= 4 is 16.7 Å². The van der Waals surface area contributed by atoms with E-state index in [0.717, 1.165) is 9.19 Å². The molecular weight excluding hydrogens is 298 g/mol. The summed E-state index contributed by atoms with van der Waals surface area (Å²) in [5.74, 6) is 6.36. The van der Waals surface area contributed by atoms with Crippen LogP contribution in [0.3, 0.4) is 0 Å². The van der Waals surface area contributed by atoms with Crippen LogP contribution >= 0.6 is 0 Å². The van der Waals surface area contributed by atoms with Gasteiger partial charge in [-0.25, -0.2) is 4.98 Å². The number of fused-ring (bicyclic) bond motifs is 2. The van der Waals surface area contributed by atoms with Gasteiger partial charge in [0.05, 0.1) is 23.6 Å². The fourth-order valence-corrected chi connectivity index (χ4v) is 2.44. The Hall–Kier alpha value is -3.42. The zero-order valence-corrected chi connectivity index (χ0v) is 11.8. The molecule has 0 aliphatic carbocycles. The van der Waals surface area contributed by atoms with Gasteiger partial charge in [-0.05, 0) is 24.3 Å². The van der Waals surface area contributed by atoms with Gasteiger partial charge in [0.1, 0.15) is 11.5 Å². The van der Waals surface area contributed by atoms with Crippen LogP contribution in [0.5, 0.6) is 0 Å². The zero-order valence-electron chi connectivity index (χ0n) is 11.8. The summed E-state index contributed by atoms with van der Waals surface area (Å²) in [5.41, 5.74) is -0.347. The molecule has 0 radical (unpaired) electrons. The smallest absolute Gasteiger partial charge is 0.295 e. The highest BCUT2D eigenvalue weighted by Crippen LogP contribution is 2.08. The van der Waals surface area contributed by atoms with Crippen molar-refractivity contribution in [2.24, 2.45) is 0 Å². The molecule has 0 fully saturated rings. The Morgan fingerprint density at radius 2 is 1.91 bits per heavy atom. The van der Waals surface area contributed by atoms with Crippen LogP contribution in [0.4, 0.5) is 0 Å². The summed E-state index contributed by atoms with van der Waals surface area (Å²) >= 11 is 0. The van der Waals surface area contributed by atoms with Gasteiger partial charge in [0.15, 0.2) is 0 Å². The summed E-state index contributed by atoms with van der Waals surface area (Å²) in [6.07, 6.45) is 1.64. The molecule has 2 N–H and O–H groups in total. The van der Waals surface area contributed by atoms with Gasteiger partial charge in [-0.3, -0.25) is 9.59 Å². The van der Waals surface area contributed by atoms with Gasteiger partial charge in [0, 0.05) is 0 Å². The lowest BCUT2D eigenvalue weighted by Gasteiger charge is -2.08. The van der Waals surface area contributed by atoms with E-state index in [9.17, 15) is 9.59 Å². The molecule has 0 aliphatic heterocycles. The van der Waals surface area contributed by atoms with E-state index in [4.69, 9.17) is 10.3 Å². The second-order valence-corrected chi connectivity index (χ2v) is 5.02. The van der Waals surface area contributed by atoms with Crippen molar-refractivity contribution in [2.75, 3.05) is 5.84 Å². The summed E-state index contributed by atoms with van der Waals surface area (Å²) < 4.78 is 7.09. The molecule has 0 atom stereocenters. The molecule has 0 spiro atoms. The largest absolute Gasteiger partial charge is 0.469 e. The van der Waals surface area contributed by atoms with E-state index in [1.165, 1.54) is 6.26 Å². The molecule has 8 nitrogen and oxygen atoms in total. The van der Waals surface area contributed by atoms with Crippen LogP contribution in [0.15, 0.2) is 56.7 Å². The first kappa shape index (κ1) is 13.3. The molecular formula is C15H11N5O3. The third-order valence-corrected chi connectivity index (χ3v) is 3.56. The molecule has 0 unspecified atom stereocenters. The van der Waals surface area contributed by atoms with Crippen LogP contribution in [0.25, 0.3) is 16.7 Å². The average Bonchev–Trinajstić information content (AvgIpc) is 3.07. The van der Waals surface area contributed by atoms with Crippen molar-refractivity contribution in [3.05, 3.63) is 74.8 Å². The topological polar surface area (TPSA) is 108 Å². The van der Waals surface area contributed by atoms with Gasteiger partial charge >= 0.3 is 0 Å². The number of hydrogen-bond donors (Lipinski definition) is 1. The zero-order chi connectivity index (χ0) is 16.0. The van der Waals surface area contributed by atoms with E-state index in [0.29, 0.717) is 16.7 Å². The van der Waals surface area contributed by atoms with Gasteiger partial charge in [-0.1, -0.05) is 12.1 Å². The van der Waals surface area contributed by atoms with Gasteiger partial charge < -0.3 is 10.3 Å². The minimum absolute atomic E-state index is 0.0121. The summed E-state index contributed by atoms with van der Waals surface area (Å²) in [4.78, 5) is 29.2. The Labute approximate surface area is 128 Å². The minimum Gasteiger partial charge on any atom is -0.469 e. The SMILES string of the molecule is Nn1c(=O)c(Cc2ccco2)nn2c(=O)c3ccccc3nc12. The first-order valence-corrected chi connectivity index (χ1v) is 6.86. The molecule has 8 heteroatoms. The Morgan fingerprint density at radius 1 is 1.09 bits per heavy atom. The molecule has 114 valence electrons. The average molecular weight is 309 g/mol. The van der Waals surface area contributed by atoms with Crippen molar-refractivity contribution in [3.8, 4) is 0 Å². The molecule has 4 aromatic rings. The van der Waals surface area contributed by atoms with E-state index in [-0.39, 0.29) is 23.5 Å². The normalized spacial score (nSPS) is 11.3. The van der Waals surface area contributed by atoms with E-state index in [1.807, 2.05) is 0 Å². The Balaban J connectivity index is 2.06. The highest BCUT2D eigenvalue weighted by Gasteiger charge is 2.15. The van der Waals surface area contributed by atoms with Crippen LogP contribution in [0.2, 0.25) is 0 Å². The van der Waals surface area contributed by atoms with Gasteiger partial charge in [0.2, 0.25) is 0 Å². The standard InChI is InChI=1S/C15H11N5O3/c16-19-14(22)12(8-9-4-3-7-23-9)18-20-13(21)10-5-1-2-6-11(10)17-15(19)20/h1-7H,8,16H2. The monoisotopic (exact) mass is 309 g/mol. The maximum atomic E-state index is 12.6. The third-order valence-electron chi connectivity index (χ3n) is 3.56. The van der Waals surface area contributed by atoms with Crippen LogP contribution in [-0.4, -0.2) is 19.3 Å². The number of rotatable bonds is 2. The lowest BCUT2D eigenvalue weighted by atomic mass is 10.2. The van der Waals surface area contributed by atoms with Crippen molar-refractivity contribution in [1.82, 2.24) is 19.3 Å². The van der Waals surface area contributed by atoms with Crippen LogP contribution in [0.1, 0.15) is 11.5 Å². The molecule has 0 saturated carbocycles. The fraction of sp³-hybridized carbons (Fsp3) is 0.0667. The Morgan fingerprint density at radius 3 is 2.70 bits per heavy atom. The highest BCUT2D eigenvalue weighted by molar-refractivity contribution is 5.78. The number of aromatic nitrogens is 4. The second-order valence-electron chi connectivity index (χ2n) is 5.02. The van der Waals surface area contributed by atoms with E-state index in [1.54, 1.807) is 36.4 Å². The van der Waals surface area contributed by atoms with Crippen molar-refractivity contribution < 1.29 is 4.42 Å². The molecule has 0 amide bonds. The summed E-state index contributed by atoms with van der Waals surface area (Å²) in [6.45, 7) is 0. The maximum Gasteiger partial charge on any atom is 0.295 e. The van der Waals surface area contributed by atoms with Crippen LogP contribution < -0.4 is 17.0 Å². The molecule has 0 aliphatic rings. The van der Waals surface area contributed by atoms with Crippen molar-refractivity contribution in [1.29, 1.82) is 0 Å². The van der Waals surface area contributed by atoms with E-state index >= 15 is 0 Å². The highest BCUT2D eigenvalue weighted by atomic mass is 16.3. The number of para-hydroxylation sites is 1. The van der Waals surface area contributed by atoms with Gasteiger partial charge in [-0.2, -0.15) is 14.3 Å².